The van der Waals surface area contributed by atoms with E-state index in [1.807, 2.05) is 4.90 Å². The van der Waals surface area contributed by atoms with Gasteiger partial charge in [-0.15, -0.1) is 0 Å². The number of nitrogens with one attached hydrogen (secondary N) is 2. The van der Waals surface area contributed by atoms with Gasteiger partial charge in [0.2, 0.25) is 5.91 Å². The molecule has 0 saturated carbocycles. The molecule has 2 fully saturated rings. The van der Waals surface area contributed by atoms with Crippen molar-refractivity contribution in [2.45, 2.75) is 51.0 Å². The van der Waals surface area contributed by atoms with Crippen molar-refractivity contribution in [2.24, 2.45) is 0 Å². The molecule has 0 aromatic rings. The average molecular weight is 267 g/mol. The molecule has 6 heteroatoms. The third-order valence-electron chi connectivity index (χ3n) is 3.71. The number of hydrogen-bond acceptors (Lipinski definition) is 3. The summed E-state index contributed by atoms with van der Waals surface area (Å²) in [5.41, 5.74) is 0. The van der Waals surface area contributed by atoms with Crippen LogP contribution in [0.5, 0.6) is 0 Å². The van der Waals surface area contributed by atoms with E-state index in [2.05, 4.69) is 10.6 Å². The molecule has 0 aliphatic carbocycles. The summed E-state index contributed by atoms with van der Waals surface area (Å²) in [4.78, 5) is 36.3. The lowest BCUT2D eigenvalue weighted by atomic mass is 10.1. The topological polar surface area (TPSA) is 78.5 Å². The van der Waals surface area contributed by atoms with Gasteiger partial charge in [-0.3, -0.25) is 14.9 Å². The molecule has 4 amide bonds. The number of nitrogens with zero attached hydrogens (tertiary/aromatic N) is 1. The number of hydrogen-bond donors (Lipinski definition) is 2. The number of imide groups is 1. The highest BCUT2D eigenvalue weighted by molar-refractivity contribution is 6.04. The van der Waals surface area contributed by atoms with Gasteiger partial charge in [-0.1, -0.05) is 19.3 Å². The fourth-order valence-corrected chi connectivity index (χ4v) is 2.58. The van der Waals surface area contributed by atoms with E-state index >= 15 is 0 Å². The SMILES string of the molecule is O=C1NC(=O)[C@@H](CCC(=O)N2CCCCCCC2)N1. The maximum absolute atomic E-state index is 12.1. The van der Waals surface area contributed by atoms with Crippen molar-refractivity contribution in [3.05, 3.63) is 0 Å². The Morgan fingerprint density at radius 2 is 1.74 bits per heavy atom. The zero-order valence-corrected chi connectivity index (χ0v) is 11.1. The molecular weight excluding hydrogens is 246 g/mol. The Morgan fingerprint density at radius 1 is 1.11 bits per heavy atom. The lowest BCUT2D eigenvalue weighted by molar-refractivity contribution is -0.131. The minimum absolute atomic E-state index is 0.0934. The predicted molar refractivity (Wildman–Crippen MR) is 69.4 cm³/mol. The Balaban J connectivity index is 1.76. The highest BCUT2D eigenvalue weighted by Gasteiger charge is 2.30. The Hall–Kier alpha value is -1.59. The standard InChI is InChI=1S/C13H21N3O3/c17-11(16-8-4-2-1-3-5-9-16)7-6-10-12(18)15-13(19)14-10/h10H,1-9H2,(H2,14,15,18,19)/t10-/m1/s1. The second kappa shape index (κ2) is 6.54. The number of carbonyl (C=O) groups is 3. The van der Waals surface area contributed by atoms with Crippen molar-refractivity contribution in [2.75, 3.05) is 13.1 Å². The fourth-order valence-electron chi connectivity index (χ4n) is 2.58. The number of urea groups is 1. The van der Waals surface area contributed by atoms with Crippen LogP contribution in [0.2, 0.25) is 0 Å². The highest BCUT2D eigenvalue weighted by Crippen LogP contribution is 2.12. The van der Waals surface area contributed by atoms with Crippen LogP contribution < -0.4 is 10.6 Å². The molecule has 2 rings (SSSR count). The molecule has 2 saturated heterocycles. The average Bonchev–Trinajstić information content (AvgIpc) is 2.64. The number of rotatable bonds is 3. The maximum Gasteiger partial charge on any atom is 0.322 e. The molecule has 1 atom stereocenters. The van der Waals surface area contributed by atoms with Crippen molar-refractivity contribution in [1.29, 1.82) is 0 Å². The van der Waals surface area contributed by atoms with E-state index in [0.717, 1.165) is 25.9 Å². The second-order valence-corrected chi connectivity index (χ2v) is 5.20. The molecule has 0 aromatic carbocycles. The fraction of sp³-hybridized carbons (Fsp3) is 0.769. The summed E-state index contributed by atoms with van der Waals surface area (Å²) in [7, 11) is 0. The van der Waals surface area contributed by atoms with Gasteiger partial charge in [0, 0.05) is 19.5 Å². The van der Waals surface area contributed by atoms with E-state index < -0.39 is 12.1 Å². The van der Waals surface area contributed by atoms with Gasteiger partial charge in [-0.2, -0.15) is 0 Å². The van der Waals surface area contributed by atoms with Crippen LogP contribution in [0.1, 0.15) is 44.9 Å². The zero-order chi connectivity index (χ0) is 13.7. The summed E-state index contributed by atoms with van der Waals surface area (Å²) in [6, 6.07) is -1.01. The maximum atomic E-state index is 12.1. The van der Waals surface area contributed by atoms with Gasteiger partial charge < -0.3 is 10.2 Å². The molecule has 6 nitrogen and oxygen atoms in total. The molecule has 19 heavy (non-hydrogen) atoms. The van der Waals surface area contributed by atoms with Crippen LogP contribution in [0.25, 0.3) is 0 Å². The van der Waals surface area contributed by atoms with E-state index in [4.69, 9.17) is 0 Å². The predicted octanol–water partition coefficient (Wildman–Crippen LogP) is 0.767. The van der Waals surface area contributed by atoms with Crippen LogP contribution in [0.4, 0.5) is 4.79 Å². The molecule has 2 aliphatic rings. The van der Waals surface area contributed by atoms with Crippen LogP contribution in [-0.4, -0.2) is 41.9 Å². The number of carbonyl (C=O) groups excluding carboxylic acids is 3. The molecular formula is C13H21N3O3. The number of amides is 4. The summed E-state index contributed by atoms with van der Waals surface area (Å²) in [5, 5.41) is 4.69. The van der Waals surface area contributed by atoms with Crippen LogP contribution >= 0.6 is 0 Å². The Morgan fingerprint density at radius 3 is 2.32 bits per heavy atom. The first-order chi connectivity index (χ1) is 9.16. The summed E-state index contributed by atoms with van der Waals surface area (Å²) >= 11 is 0. The van der Waals surface area contributed by atoms with Crippen molar-refractivity contribution in [3.8, 4) is 0 Å². The first kappa shape index (κ1) is 13.8. The van der Waals surface area contributed by atoms with E-state index in [1.54, 1.807) is 0 Å². The van der Waals surface area contributed by atoms with Crippen LogP contribution in [-0.2, 0) is 9.59 Å². The molecule has 0 spiro atoms. The lowest BCUT2D eigenvalue weighted by Gasteiger charge is -2.25. The van der Waals surface area contributed by atoms with Gasteiger partial charge in [-0.05, 0) is 19.3 Å². The largest absolute Gasteiger partial charge is 0.343 e. The van der Waals surface area contributed by atoms with Gasteiger partial charge in [0.25, 0.3) is 5.91 Å². The van der Waals surface area contributed by atoms with Gasteiger partial charge >= 0.3 is 6.03 Å². The van der Waals surface area contributed by atoms with Gasteiger partial charge in [-0.25, -0.2) is 4.79 Å². The zero-order valence-electron chi connectivity index (χ0n) is 11.1. The van der Waals surface area contributed by atoms with Crippen LogP contribution in [0.15, 0.2) is 0 Å². The van der Waals surface area contributed by atoms with Gasteiger partial charge in [0.15, 0.2) is 0 Å². The lowest BCUT2D eigenvalue weighted by Crippen LogP contribution is -2.36. The molecule has 0 radical (unpaired) electrons. The van der Waals surface area contributed by atoms with Gasteiger partial charge in [0.05, 0.1) is 0 Å². The normalized spacial score (nSPS) is 24.4. The monoisotopic (exact) mass is 267 g/mol. The van der Waals surface area contributed by atoms with Crippen LogP contribution in [0.3, 0.4) is 0 Å². The molecule has 2 aliphatic heterocycles. The molecule has 2 N–H and O–H groups in total. The summed E-state index contributed by atoms with van der Waals surface area (Å²) in [6.07, 6.45) is 6.45. The quantitative estimate of drug-likeness (QED) is 0.741. The van der Waals surface area contributed by atoms with E-state index in [9.17, 15) is 14.4 Å². The molecule has 0 aromatic heterocycles. The summed E-state index contributed by atoms with van der Waals surface area (Å²) in [5.74, 6) is -0.235. The van der Waals surface area contributed by atoms with Crippen molar-refractivity contribution >= 4 is 17.8 Å². The van der Waals surface area contributed by atoms with E-state index in [0.29, 0.717) is 12.8 Å². The molecule has 0 unspecified atom stereocenters. The van der Waals surface area contributed by atoms with Crippen LogP contribution in [0, 0.1) is 0 Å². The van der Waals surface area contributed by atoms with Crippen molar-refractivity contribution < 1.29 is 14.4 Å². The minimum atomic E-state index is -0.550. The molecule has 106 valence electrons. The third kappa shape index (κ3) is 3.94. The first-order valence-electron chi connectivity index (χ1n) is 7.06. The molecule has 0 bridgehead atoms. The summed E-state index contributed by atoms with van der Waals surface area (Å²) < 4.78 is 0. The second-order valence-electron chi connectivity index (χ2n) is 5.20. The van der Waals surface area contributed by atoms with E-state index in [-0.39, 0.29) is 11.8 Å². The van der Waals surface area contributed by atoms with Crippen molar-refractivity contribution in [3.63, 3.8) is 0 Å². The Bertz CT molecular complexity index is 362. The minimum Gasteiger partial charge on any atom is -0.343 e. The Labute approximate surface area is 112 Å². The summed E-state index contributed by atoms with van der Waals surface area (Å²) in [6.45, 7) is 1.64. The van der Waals surface area contributed by atoms with Crippen molar-refractivity contribution in [1.82, 2.24) is 15.5 Å². The van der Waals surface area contributed by atoms with E-state index in [1.165, 1.54) is 19.3 Å². The third-order valence-corrected chi connectivity index (χ3v) is 3.71. The smallest absolute Gasteiger partial charge is 0.322 e. The number of likely N-dealkylation sites (tertiary alicyclic amines) is 1. The Kier molecular flexibility index (Phi) is 4.76. The van der Waals surface area contributed by atoms with Gasteiger partial charge in [0.1, 0.15) is 6.04 Å². The highest BCUT2D eigenvalue weighted by atomic mass is 16.2. The first-order valence-corrected chi connectivity index (χ1v) is 7.06. The molecule has 2 heterocycles.